The molecule has 112 valence electrons. The Morgan fingerprint density at radius 1 is 1.20 bits per heavy atom. The van der Waals surface area contributed by atoms with Gasteiger partial charge >= 0.3 is 0 Å². The average Bonchev–Trinajstić information content (AvgIpc) is 2.96. The predicted octanol–water partition coefficient (Wildman–Crippen LogP) is 3.09. The summed E-state index contributed by atoms with van der Waals surface area (Å²) in [6.45, 7) is 2.58. The second-order valence-electron chi connectivity index (χ2n) is 5.22. The topological polar surface area (TPSA) is 47.9 Å². The molecule has 0 radical (unpaired) electrons. The van der Waals surface area contributed by atoms with Crippen LogP contribution in [0.1, 0.15) is 44.3 Å². The molecule has 0 amide bonds. The summed E-state index contributed by atoms with van der Waals surface area (Å²) < 4.78 is 16.5. The first-order valence-corrected chi connectivity index (χ1v) is 7.21. The SMILES string of the molecule is CCOC1(C(O)c2ccc(OC)cc2OC)CCCC1. The molecule has 1 saturated carbocycles. The lowest BCUT2D eigenvalue weighted by Crippen LogP contribution is -2.36. The first kappa shape index (κ1) is 15.1. The van der Waals surface area contributed by atoms with Crippen LogP contribution in [0.4, 0.5) is 0 Å². The fourth-order valence-electron chi connectivity index (χ4n) is 3.09. The maximum Gasteiger partial charge on any atom is 0.128 e. The van der Waals surface area contributed by atoms with Gasteiger partial charge in [-0.05, 0) is 31.9 Å². The molecule has 20 heavy (non-hydrogen) atoms. The van der Waals surface area contributed by atoms with Crippen molar-refractivity contribution >= 4 is 0 Å². The third-order valence-electron chi connectivity index (χ3n) is 4.12. The maximum atomic E-state index is 10.8. The normalized spacial score (nSPS) is 18.8. The van der Waals surface area contributed by atoms with Crippen LogP contribution in [0.2, 0.25) is 0 Å². The number of aliphatic hydroxyl groups is 1. The van der Waals surface area contributed by atoms with Gasteiger partial charge in [0.1, 0.15) is 17.6 Å². The minimum Gasteiger partial charge on any atom is -0.497 e. The van der Waals surface area contributed by atoms with E-state index in [0.717, 1.165) is 37.0 Å². The van der Waals surface area contributed by atoms with Crippen LogP contribution in [0.15, 0.2) is 18.2 Å². The second kappa shape index (κ2) is 6.46. The molecule has 4 nitrogen and oxygen atoms in total. The Bertz CT molecular complexity index is 438. The quantitative estimate of drug-likeness (QED) is 0.870. The summed E-state index contributed by atoms with van der Waals surface area (Å²) in [5.41, 5.74) is 0.292. The fraction of sp³-hybridized carbons (Fsp3) is 0.625. The standard InChI is InChI=1S/C16H24O4/c1-4-20-16(9-5-6-10-16)15(17)13-8-7-12(18-2)11-14(13)19-3/h7-8,11,15,17H,4-6,9-10H2,1-3H3. The molecule has 1 unspecified atom stereocenters. The van der Waals surface area contributed by atoms with Crippen LogP contribution in [-0.4, -0.2) is 31.5 Å². The van der Waals surface area contributed by atoms with Crippen molar-refractivity contribution in [3.63, 3.8) is 0 Å². The van der Waals surface area contributed by atoms with E-state index >= 15 is 0 Å². The van der Waals surface area contributed by atoms with Gasteiger partial charge in [0.2, 0.25) is 0 Å². The van der Waals surface area contributed by atoms with Crippen molar-refractivity contribution in [3.8, 4) is 11.5 Å². The first-order valence-electron chi connectivity index (χ1n) is 7.21. The first-order chi connectivity index (χ1) is 9.66. The van der Waals surface area contributed by atoms with Crippen LogP contribution in [0, 0.1) is 0 Å². The number of hydrogen-bond acceptors (Lipinski definition) is 4. The predicted molar refractivity (Wildman–Crippen MR) is 77.3 cm³/mol. The Balaban J connectivity index is 2.33. The van der Waals surface area contributed by atoms with E-state index in [-0.39, 0.29) is 0 Å². The molecule has 1 atom stereocenters. The molecular weight excluding hydrogens is 256 g/mol. The third kappa shape index (κ3) is 2.76. The molecule has 1 aliphatic rings. The zero-order chi connectivity index (χ0) is 14.6. The van der Waals surface area contributed by atoms with Gasteiger partial charge in [-0.2, -0.15) is 0 Å². The van der Waals surface area contributed by atoms with Crippen molar-refractivity contribution in [3.05, 3.63) is 23.8 Å². The van der Waals surface area contributed by atoms with Crippen LogP contribution in [0.3, 0.4) is 0 Å². The summed E-state index contributed by atoms with van der Waals surface area (Å²) in [7, 11) is 3.22. The van der Waals surface area contributed by atoms with Gasteiger partial charge in [-0.1, -0.05) is 12.8 Å². The van der Waals surface area contributed by atoms with E-state index in [1.807, 2.05) is 19.1 Å². The highest BCUT2D eigenvalue weighted by atomic mass is 16.5. The molecule has 0 aromatic heterocycles. The molecule has 1 aromatic carbocycles. The van der Waals surface area contributed by atoms with Gasteiger partial charge in [0.05, 0.1) is 19.8 Å². The molecule has 1 N–H and O–H groups in total. The minimum absolute atomic E-state index is 0.476. The van der Waals surface area contributed by atoms with E-state index in [9.17, 15) is 5.11 Å². The van der Waals surface area contributed by atoms with Crippen LogP contribution < -0.4 is 9.47 Å². The van der Waals surface area contributed by atoms with Crippen molar-refractivity contribution in [2.45, 2.75) is 44.3 Å². The molecule has 1 aromatic rings. The molecule has 0 saturated heterocycles. The molecule has 0 spiro atoms. The molecule has 0 heterocycles. The third-order valence-corrected chi connectivity index (χ3v) is 4.12. The van der Waals surface area contributed by atoms with Gasteiger partial charge in [-0.25, -0.2) is 0 Å². The van der Waals surface area contributed by atoms with E-state index in [1.165, 1.54) is 0 Å². The lowest BCUT2D eigenvalue weighted by molar-refractivity contribution is -0.119. The van der Waals surface area contributed by atoms with Crippen molar-refractivity contribution < 1.29 is 19.3 Å². The molecule has 0 bridgehead atoms. The molecular formula is C16H24O4. The summed E-state index contributed by atoms with van der Waals surface area (Å²) >= 11 is 0. The number of benzene rings is 1. The van der Waals surface area contributed by atoms with Crippen molar-refractivity contribution in [1.29, 1.82) is 0 Å². The zero-order valence-electron chi connectivity index (χ0n) is 12.5. The molecule has 4 heteroatoms. The van der Waals surface area contributed by atoms with E-state index in [4.69, 9.17) is 14.2 Å². The highest BCUT2D eigenvalue weighted by Gasteiger charge is 2.43. The lowest BCUT2D eigenvalue weighted by atomic mass is 9.88. The van der Waals surface area contributed by atoms with Gasteiger partial charge in [-0.15, -0.1) is 0 Å². The Kier molecular flexibility index (Phi) is 4.89. The number of hydrogen-bond donors (Lipinski definition) is 1. The highest BCUT2D eigenvalue weighted by Crippen LogP contribution is 2.45. The van der Waals surface area contributed by atoms with Gasteiger partial charge in [0.15, 0.2) is 0 Å². The van der Waals surface area contributed by atoms with Gasteiger partial charge in [0.25, 0.3) is 0 Å². The highest BCUT2D eigenvalue weighted by molar-refractivity contribution is 5.43. The van der Waals surface area contributed by atoms with Crippen molar-refractivity contribution in [2.75, 3.05) is 20.8 Å². The number of ether oxygens (including phenoxy) is 3. The summed E-state index contributed by atoms with van der Waals surface area (Å²) in [5, 5.41) is 10.8. The smallest absolute Gasteiger partial charge is 0.128 e. The largest absolute Gasteiger partial charge is 0.497 e. The summed E-state index contributed by atoms with van der Waals surface area (Å²) in [5.74, 6) is 1.36. The lowest BCUT2D eigenvalue weighted by Gasteiger charge is -2.35. The van der Waals surface area contributed by atoms with Crippen molar-refractivity contribution in [2.24, 2.45) is 0 Å². The molecule has 2 rings (SSSR count). The summed E-state index contributed by atoms with van der Waals surface area (Å²) in [6.07, 6.45) is 3.28. The van der Waals surface area contributed by atoms with Gasteiger partial charge in [-0.3, -0.25) is 0 Å². The van der Waals surface area contributed by atoms with E-state index in [2.05, 4.69) is 0 Å². The summed E-state index contributed by atoms with van der Waals surface area (Å²) in [4.78, 5) is 0. The van der Waals surface area contributed by atoms with Crippen LogP contribution >= 0.6 is 0 Å². The minimum atomic E-state index is -0.675. The average molecular weight is 280 g/mol. The molecule has 1 fully saturated rings. The molecule has 1 aliphatic carbocycles. The van der Waals surface area contributed by atoms with Crippen LogP contribution in [0.5, 0.6) is 11.5 Å². The number of methoxy groups -OCH3 is 2. The van der Waals surface area contributed by atoms with Crippen molar-refractivity contribution in [1.82, 2.24) is 0 Å². The fourth-order valence-corrected chi connectivity index (χ4v) is 3.09. The van der Waals surface area contributed by atoms with E-state index in [1.54, 1.807) is 20.3 Å². The Labute approximate surface area is 120 Å². The van der Waals surface area contributed by atoms with E-state index < -0.39 is 11.7 Å². The van der Waals surface area contributed by atoms with Gasteiger partial charge < -0.3 is 19.3 Å². The monoisotopic (exact) mass is 280 g/mol. The number of aliphatic hydroxyl groups excluding tert-OH is 1. The van der Waals surface area contributed by atoms with Crippen LogP contribution in [-0.2, 0) is 4.74 Å². The summed E-state index contributed by atoms with van der Waals surface area (Å²) in [6, 6.07) is 5.50. The van der Waals surface area contributed by atoms with E-state index in [0.29, 0.717) is 12.4 Å². The van der Waals surface area contributed by atoms with Gasteiger partial charge in [0, 0.05) is 18.2 Å². The number of rotatable bonds is 6. The Hall–Kier alpha value is -1.26. The Morgan fingerprint density at radius 3 is 2.45 bits per heavy atom. The second-order valence-corrected chi connectivity index (χ2v) is 5.22. The zero-order valence-corrected chi connectivity index (χ0v) is 12.5. The van der Waals surface area contributed by atoms with Crippen LogP contribution in [0.25, 0.3) is 0 Å². The Morgan fingerprint density at radius 2 is 1.90 bits per heavy atom. The molecule has 0 aliphatic heterocycles. The maximum absolute atomic E-state index is 10.8.